The number of esters is 1. The minimum Gasteiger partial charge on any atom is -0.464 e. The molecule has 2 N–H and O–H groups in total. The summed E-state index contributed by atoms with van der Waals surface area (Å²) in [6, 6.07) is 16.7. The lowest BCUT2D eigenvalue weighted by atomic mass is 10.0. The Kier molecular flexibility index (Phi) is 10.7. The van der Waals surface area contributed by atoms with Crippen molar-refractivity contribution < 1.29 is 28.6 Å². The number of carbonyl (C=O) groups excluding carboxylic acids is 3. The van der Waals surface area contributed by atoms with Crippen LogP contribution in [0.25, 0.3) is 0 Å². The Morgan fingerprint density at radius 2 is 1.46 bits per heavy atom. The van der Waals surface area contributed by atoms with E-state index < -0.39 is 41.8 Å². The fourth-order valence-corrected chi connectivity index (χ4v) is 3.28. The van der Waals surface area contributed by atoms with Crippen LogP contribution in [0.2, 0.25) is 0 Å². The fraction of sp³-hybridized carbons (Fsp3) is 0.444. The van der Waals surface area contributed by atoms with Gasteiger partial charge in [-0.15, -0.1) is 0 Å². The molecule has 2 amide bonds. The number of carbonyl (C=O) groups is 3. The largest absolute Gasteiger partial charge is 0.464 e. The summed E-state index contributed by atoms with van der Waals surface area (Å²) in [6.07, 6.45) is -1.24. The van der Waals surface area contributed by atoms with Crippen molar-refractivity contribution >= 4 is 18.0 Å². The van der Waals surface area contributed by atoms with Gasteiger partial charge in [-0.1, -0.05) is 60.7 Å². The van der Waals surface area contributed by atoms with Gasteiger partial charge in [-0.25, -0.2) is 9.59 Å². The predicted molar refractivity (Wildman–Crippen MR) is 133 cm³/mol. The van der Waals surface area contributed by atoms with Gasteiger partial charge in [0.25, 0.3) is 0 Å². The molecule has 0 aliphatic heterocycles. The highest BCUT2D eigenvalue weighted by Gasteiger charge is 2.33. The molecule has 0 aliphatic carbocycles. The van der Waals surface area contributed by atoms with Gasteiger partial charge in [-0.3, -0.25) is 4.79 Å². The van der Waals surface area contributed by atoms with E-state index in [-0.39, 0.29) is 19.6 Å². The van der Waals surface area contributed by atoms with Crippen LogP contribution < -0.4 is 10.6 Å². The van der Waals surface area contributed by atoms with Crippen LogP contribution in [0.4, 0.5) is 4.79 Å². The first-order valence-corrected chi connectivity index (χ1v) is 11.7. The second kappa shape index (κ2) is 13.5. The molecule has 190 valence electrons. The first kappa shape index (κ1) is 27.9. The summed E-state index contributed by atoms with van der Waals surface area (Å²) in [5, 5.41) is 5.33. The third kappa shape index (κ3) is 10.2. The van der Waals surface area contributed by atoms with E-state index in [1.54, 1.807) is 34.6 Å². The number of ether oxygens (including phenoxy) is 3. The first-order chi connectivity index (χ1) is 16.6. The number of amides is 2. The van der Waals surface area contributed by atoms with Crippen LogP contribution in [-0.2, 0) is 36.8 Å². The summed E-state index contributed by atoms with van der Waals surface area (Å²) in [6.45, 7) is 8.99. The van der Waals surface area contributed by atoms with Crippen molar-refractivity contribution in [3.05, 3.63) is 71.8 Å². The molecule has 0 fully saturated rings. The lowest BCUT2D eigenvalue weighted by Gasteiger charge is -2.28. The summed E-state index contributed by atoms with van der Waals surface area (Å²) in [5.74, 6) is -1.14. The number of nitrogens with one attached hydrogen (secondary N) is 2. The van der Waals surface area contributed by atoms with E-state index in [1.165, 1.54) is 0 Å². The van der Waals surface area contributed by atoms with Crippen LogP contribution in [-0.4, -0.2) is 48.4 Å². The zero-order chi connectivity index (χ0) is 25.8. The summed E-state index contributed by atoms with van der Waals surface area (Å²) >= 11 is 0. The van der Waals surface area contributed by atoms with E-state index in [9.17, 15) is 14.4 Å². The van der Waals surface area contributed by atoms with Gasteiger partial charge in [-0.05, 0) is 45.7 Å². The Morgan fingerprint density at radius 1 is 0.886 bits per heavy atom. The van der Waals surface area contributed by atoms with E-state index in [0.29, 0.717) is 0 Å². The summed E-state index contributed by atoms with van der Waals surface area (Å²) in [7, 11) is 0. The summed E-state index contributed by atoms with van der Waals surface area (Å²) in [4.78, 5) is 38.5. The topological polar surface area (TPSA) is 103 Å². The van der Waals surface area contributed by atoms with Crippen molar-refractivity contribution in [2.24, 2.45) is 0 Å². The monoisotopic (exact) mass is 484 g/mol. The second-order valence-corrected chi connectivity index (χ2v) is 9.13. The normalized spacial score (nSPS) is 13.7. The summed E-state index contributed by atoms with van der Waals surface area (Å²) < 4.78 is 16.4. The number of benzene rings is 2. The maximum Gasteiger partial charge on any atom is 0.408 e. The van der Waals surface area contributed by atoms with Gasteiger partial charge >= 0.3 is 12.1 Å². The predicted octanol–water partition coefficient (Wildman–Crippen LogP) is 3.78. The maximum absolute atomic E-state index is 13.3. The molecule has 0 saturated carbocycles. The highest BCUT2D eigenvalue weighted by Crippen LogP contribution is 2.11. The molecule has 8 heteroatoms. The number of alkyl carbamates (subject to hydrolysis) is 1. The van der Waals surface area contributed by atoms with Crippen molar-refractivity contribution in [3.8, 4) is 0 Å². The SMILES string of the molecule is CCOC(=O)[C@H](Cc1ccccc1)NC(=O)[C@@H](NC(=O)OC(C)(C)C)[C@@H](C)OCc1ccccc1. The van der Waals surface area contributed by atoms with Crippen LogP contribution in [0.3, 0.4) is 0 Å². The van der Waals surface area contributed by atoms with Gasteiger partial charge in [0.05, 0.1) is 19.3 Å². The lowest BCUT2D eigenvalue weighted by Crippen LogP contribution is -2.57. The number of rotatable bonds is 11. The van der Waals surface area contributed by atoms with Crippen LogP contribution in [0.5, 0.6) is 0 Å². The molecular weight excluding hydrogens is 448 g/mol. The van der Waals surface area contributed by atoms with E-state index in [0.717, 1.165) is 11.1 Å². The Balaban J connectivity index is 2.19. The van der Waals surface area contributed by atoms with Gasteiger partial charge in [0, 0.05) is 6.42 Å². The quantitative estimate of drug-likeness (QED) is 0.471. The zero-order valence-corrected chi connectivity index (χ0v) is 21.1. The van der Waals surface area contributed by atoms with Gasteiger partial charge in [0.2, 0.25) is 5.91 Å². The molecule has 0 spiro atoms. The minimum atomic E-state index is -1.11. The van der Waals surface area contributed by atoms with Gasteiger partial charge in [0.15, 0.2) is 0 Å². The van der Waals surface area contributed by atoms with Gasteiger partial charge < -0.3 is 24.8 Å². The van der Waals surface area contributed by atoms with E-state index in [4.69, 9.17) is 14.2 Å². The third-order valence-electron chi connectivity index (χ3n) is 4.95. The molecule has 3 atom stereocenters. The highest BCUT2D eigenvalue weighted by molar-refractivity contribution is 5.90. The van der Waals surface area contributed by atoms with Crippen molar-refractivity contribution in [1.29, 1.82) is 0 Å². The lowest BCUT2D eigenvalue weighted by molar-refractivity contribution is -0.148. The Hall–Kier alpha value is -3.39. The zero-order valence-electron chi connectivity index (χ0n) is 21.1. The van der Waals surface area contributed by atoms with E-state index in [2.05, 4.69) is 10.6 Å². The molecule has 0 radical (unpaired) electrons. The number of hydrogen-bond acceptors (Lipinski definition) is 6. The van der Waals surface area contributed by atoms with Gasteiger partial charge in [0.1, 0.15) is 17.7 Å². The maximum atomic E-state index is 13.3. The van der Waals surface area contributed by atoms with Crippen molar-refractivity contribution in [2.75, 3.05) is 6.61 Å². The Labute approximate surface area is 207 Å². The Bertz CT molecular complexity index is 943. The molecule has 2 aromatic carbocycles. The number of hydrogen-bond donors (Lipinski definition) is 2. The second-order valence-electron chi connectivity index (χ2n) is 9.13. The van der Waals surface area contributed by atoms with Crippen LogP contribution in [0, 0.1) is 0 Å². The summed E-state index contributed by atoms with van der Waals surface area (Å²) in [5.41, 5.74) is 1.03. The molecule has 2 rings (SSSR count). The molecular formula is C27H36N2O6. The molecule has 35 heavy (non-hydrogen) atoms. The van der Waals surface area contributed by atoms with Crippen LogP contribution in [0.15, 0.2) is 60.7 Å². The Morgan fingerprint density at radius 3 is 2.00 bits per heavy atom. The average molecular weight is 485 g/mol. The smallest absolute Gasteiger partial charge is 0.408 e. The third-order valence-corrected chi connectivity index (χ3v) is 4.95. The van der Waals surface area contributed by atoms with Gasteiger partial charge in [-0.2, -0.15) is 0 Å². The van der Waals surface area contributed by atoms with E-state index >= 15 is 0 Å². The van der Waals surface area contributed by atoms with Crippen molar-refractivity contribution in [2.45, 2.75) is 71.4 Å². The van der Waals surface area contributed by atoms with Crippen LogP contribution >= 0.6 is 0 Å². The molecule has 0 saturated heterocycles. The highest BCUT2D eigenvalue weighted by atomic mass is 16.6. The molecule has 0 heterocycles. The molecule has 0 bridgehead atoms. The molecule has 0 aromatic heterocycles. The first-order valence-electron chi connectivity index (χ1n) is 11.7. The minimum absolute atomic E-state index is 0.177. The fourth-order valence-electron chi connectivity index (χ4n) is 3.28. The average Bonchev–Trinajstić information content (AvgIpc) is 2.81. The van der Waals surface area contributed by atoms with Crippen molar-refractivity contribution in [3.63, 3.8) is 0 Å². The molecule has 0 unspecified atom stereocenters. The molecule has 8 nitrogen and oxygen atoms in total. The standard InChI is InChI=1S/C27H36N2O6/c1-6-33-25(31)22(17-20-13-9-7-10-14-20)28-24(30)23(29-26(32)35-27(3,4)5)19(2)34-18-21-15-11-8-12-16-21/h7-16,19,22-23H,6,17-18H2,1-5H3,(H,28,30)(H,29,32)/t19-,22+,23+/m1/s1. The molecule has 0 aliphatic rings. The molecule has 2 aromatic rings. The van der Waals surface area contributed by atoms with Crippen LogP contribution in [0.1, 0.15) is 45.7 Å². The van der Waals surface area contributed by atoms with Crippen molar-refractivity contribution in [1.82, 2.24) is 10.6 Å². The van der Waals surface area contributed by atoms with E-state index in [1.807, 2.05) is 60.7 Å².